The van der Waals surface area contributed by atoms with Gasteiger partial charge in [-0.3, -0.25) is 77.3 Å². The van der Waals surface area contributed by atoms with Gasteiger partial charge in [0.2, 0.25) is 59.1 Å². The van der Waals surface area contributed by atoms with Gasteiger partial charge in [0.25, 0.3) is 0 Å². The molecule has 0 aromatic carbocycles. The summed E-state index contributed by atoms with van der Waals surface area (Å²) in [7, 11) is 0. The first-order valence-corrected chi connectivity index (χ1v) is 50.0. The van der Waals surface area contributed by atoms with Crippen LogP contribution in [0.4, 0.5) is 0 Å². The largest absolute Gasteiger partial charge is 0.379 e. The van der Waals surface area contributed by atoms with E-state index in [1.165, 1.54) is 157 Å². The van der Waals surface area contributed by atoms with E-state index in [9.17, 15) is 47.9 Å². The number of amides is 10. The molecule has 10 fully saturated rings. The molecule has 0 radical (unpaired) electrons. The molecular formula is C103H186N10O11. The molecule has 5 atom stereocenters. The standard InChI is InChI=1S/C22H40N2O2.C21H38N2O3.C21H38N2O2.C20H36N2O2.C19H34N2O2/c1-21(2,3)22(4,5)17-18-16-19(25)24(20(18)26)15-11-7-10-14-23-12-8-6-9-13-23;1-20(2,3)21(4,5)16-17-15-18(24)23(19(17)25)10-8-6-7-9-22-11-13-26-14-12-22;1-20(2,3)21(4,5)16-17-15-18(24)23(19(17)25)14-8-6-7-11-22-12-9-10-13-22;1-19(2,3)20(4,5)15-16-14-17(23)22(18(16)24)13-8-6-7-10-21-11-9-12-21;1-18(2,3)19(4,5)14-15-13-16(22)21(17(15)23)10-8-6-7-9-20-11-12-20/h18H,6-17H2,1-5H3;17H,6-16H2,1-5H3;17H,6-16H2,1-5H3;16H,6-15H2,1-5H3;15H,6-14H2,1-5H3. The van der Waals surface area contributed by atoms with Crippen molar-refractivity contribution in [2.45, 2.75) is 372 Å². The molecule has 0 aromatic rings. The third-order valence-electron chi connectivity index (χ3n) is 32.6. The molecule has 10 saturated heterocycles. The number of carbonyl (C=O) groups excluding carboxylic acids is 10. The zero-order chi connectivity index (χ0) is 92.6. The lowest BCUT2D eigenvalue weighted by Crippen LogP contribution is -2.37. The maximum absolute atomic E-state index is 12.7. The minimum atomic E-state index is -0.134. The third kappa shape index (κ3) is 33.7. The summed E-state index contributed by atoms with van der Waals surface area (Å²) in [5.74, 6) is -0.0846. The van der Waals surface area contributed by atoms with Gasteiger partial charge in [-0.2, -0.15) is 0 Å². The number of morpholine rings is 1. The second-order valence-electron chi connectivity index (χ2n) is 47.9. The highest BCUT2D eigenvalue weighted by molar-refractivity contribution is 6.06. The molecule has 10 aliphatic rings. The molecule has 0 N–H and O–H groups in total. The highest BCUT2D eigenvalue weighted by Gasteiger charge is 2.50. The zero-order valence-corrected chi connectivity index (χ0v) is 84.3. The Morgan fingerprint density at radius 3 is 0.556 bits per heavy atom. The summed E-state index contributed by atoms with van der Waals surface area (Å²) in [6.45, 7) is 77.8. The Morgan fingerprint density at radius 2 is 0.379 bits per heavy atom. The molecule has 0 bridgehead atoms. The van der Waals surface area contributed by atoms with Crippen LogP contribution in [0.25, 0.3) is 0 Å². The number of hydrogen-bond acceptors (Lipinski definition) is 16. The van der Waals surface area contributed by atoms with E-state index in [1.807, 2.05) is 0 Å². The molecule has 0 spiro atoms. The summed E-state index contributed by atoms with van der Waals surface area (Å²) < 4.78 is 5.36. The van der Waals surface area contributed by atoms with Crippen molar-refractivity contribution in [3.8, 4) is 0 Å². The first kappa shape index (κ1) is 108. The molecule has 21 heteroatoms. The number of carbonyl (C=O) groups is 10. The van der Waals surface area contributed by atoms with Crippen LogP contribution in [0.3, 0.4) is 0 Å². The van der Waals surface area contributed by atoms with E-state index in [2.05, 4.69) is 198 Å². The molecule has 0 aliphatic carbocycles. The lowest BCUT2D eigenvalue weighted by molar-refractivity contribution is -0.141. The number of hydrogen-bond donors (Lipinski definition) is 0. The summed E-state index contributed by atoms with van der Waals surface area (Å²) in [6, 6.07) is 0. The van der Waals surface area contributed by atoms with Crippen molar-refractivity contribution in [2.75, 3.05) is 144 Å². The molecule has 5 unspecified atom stereocenters. The molecule has 0 aromatic heterocycles. The number of unbranched alkanes of at least 4 members (excludes halogenated alkanes) is 10. The lowest BCUT2D eigenvalue weighted by Gasteiger charge is -2.40. The highest BCUT2D eigenvalue weighted by Crippen LogP contribution is 2.50. The summed E-state index contributed by atoms with van der Waals surface area (Å²) >= 11 is 0. The van der Waals surface area contributed by atoms with Gasteiger partial charge in [0.05, 0.1) is 13.2 Å². The zero-order valence-electron chi connectivity index (χ0n) is 84.3. The van der Waals surface area contributed by atoms with E-state index in [0.29, 0.717) is 64.8 Å². The number of nitrogens with zero attached hydrogens (tertiary/aromatic N) is 10. The lowest BCUT2D eigenvalue weighted by atomic mass is 9.65. The van der Waals surface area contributed by atoms with Crippen LogP contribution in [0.15, 0.2) is 0 Å². The first-order valence-electron chi connectivity index (χ1n) is 50.0. The summed E-state index contributed by atoms with van der Waals surface area (Å²) in [5, 5.41) is 0. The van der Waals surface area contributed by atoms with Crippen LogP contribution in [0.5, 0.6) is 0 Å². The maximum atomic E-state index is 12.7. The second-order valence-corrected chi connectivity index (χ2v) is 47.9. The van der Waals surface area contributed by atoms with Crippen LogP contribution >= 0.6 is 0 Å². The van der Waals surface area contributed by atoms with Crippen molar-refractivity contribution in [1.29, 1.82) is 0 Å². The summed E-state index contributed by atoms with van der Waals surface area (Å²) in [6.07, 6.45) is 30.1. The molecular weight excluding hydrogens is 1550 g/mol. The van der Waals surface area contributed by atoms with Crippen molar-refractivity contribution in [1.82, 2.24) is 49.0 Å². The van der Waals surface area contributed by atoms with Crippen LogP contribution < -0.4 is 0 Å². The van der Waals surface area contributed by atoms with Gasteiger partial charge in [0.1, 0.15) is 0 Å². The Hall–Kier alpha value is -4.54. The fourth-order valence-electron chi connectivity index (χ4n) is 18.2. The average Bonchev–Trinajstić information content (AvgIpc) is 1.69. The van der Waals surface area contributed by atoms with Gasteiger partial charge in [-0.25, -0.2) is 0 Å². The maximum Gasteiger partial charge on any atom is 0.232 e. The Balaban J connectivity index is 0.000000240. The van der Waals surface area contributed by atoms with Gasteiger partial charge in [-0.05, 0) is 255 Å². The van der Waals surface area contributed by atoms with Crippen molar-refractivity contribution in [3.63, 3.8) is 0 Å². The van der Waals surface area contributed by atoms with Gasteiger partial charge >= 0.3 is 0 Å². The van der Waals surface area contributed by atoms with Gasteiger partial charge in [-0.1, -0.05) is 212 Å². The van der Waals surface area contributed by atoms with Crippen molar-refractivity contribution in [2.24, 2.45) is 83.7 Å². The van der Waals surface area contributed by atoms with E-state index in [-0.39, 0.29) is 143 Å². The Bertz CT molecular complexity index is 3280. The van der Waals surface area contributed by atoms with Gasteiger partial charge in [-0.15, -0.1) is 0 Å². The number of imide groups is 5. The quantitative estimate of drug-likeness (QED) is 0.0317. The molecule has 21 nitrogen and oxygen atoms in total. The van der Waals surface area contributed by atoms with E-state index < -0.39 is 0 Å². The number of likely N-dealkylation sites (tertiary alicyclic amines) is 8. The van der Waals surface area contributed by atoms with E-state index in [4.69, 9.17) is 4.74 Å². The van der Waals surface area contributed by atoms with E-state index in [1.54, 1.807) is 9.80 Å². The monoisotopic (exact) mass is 1740 g/mol. The normalized spacial score (nSPS) is 23.1. The predicted octanol–water partition coefficient (Wildman–Crippen LogP) is 18.9. The molecule has 10 rings (SSSR count). The molecule has 124 heavy (non-hydrogen) atoms. The predicted molar refractivity (Wildman–Crippen MR) is 503 cm³/mol. The molecule has 0 saturated carbocycles. The van der Waals surface area contributed by atoms with Crippen molar-refractivity contribution in [3.05, 3.63) is 0 Å². The van der Waals surface area contributed by atoms with Gasteiger partial charge in [0.15, 0.2) is 0 Å². The minimum absolute atomic E-state index is 0.0258. The highest BCUT2D eigenvalue weighted by atomic mass is 16.5. The fraction of sp³-hybridized carbons (Fsp3) is 0.903. The van der Waals surface area contributed by atoms with E-state index in [0.717, 1.165) is 136 Å². The minimum Gasteiger partial charge on any atom is -0.379 e. The Kier molecular flexibility index (Phi) is 41.9. The topological polar surface area (TPSA) is 212 Å². The molecule has 714 valence electrons. The fourth-order valence-corrected chi connectivity index (χ4v) is 18.2. The number of rotatable bonds is 40. The summed E-state index contributed by atoms with van der Waals surface area (Å²) in [5.41, 5.74) is 0.811. The molecule has 10 amide bonds. The Morgan fingerprint density at radius 1 is 0.210 bits per heavy atom. The van der Waals surface area contributed by atoms with Crippen LogP contribution in [0.2, 0.25) is 0 Å². The SMILES string of the molecule is CC(C)(C)C(C)(C)CC1CC(=O)N(CCCCCN2CC2)C1=O.CC(C)(C)C(C)(C)CC1CC(=O)N(CCCCCN2CCC2)C1=O.CC(C)(C)C(C)(C)CC1CC(=O)N(CCCCCN2CCCC2)C1=O.CC(C)(C)C(C)(C)CC1CC(=O)N(CCCCCN2CCCCC2)C1=O.CC(C)(C)C(C)(C)CC1CC(=O)N(CCCCCN2CCOCC2)C1=O. The van der Waals surface area contributed by atoms with Crippen LogP contribution in [0, 0.1) is 83.7 Å². The first-order chi connectivity index (χ1) is 57.6. The number of piperidine rings is 1. The molecule has 10 heterocycles. The Labute approximate surface area is 756 Å². The van der Waals surface area contributed by atoms with Crippen LogP contribution in [0.1, 0.15) is 372 Å². The van der Waals surface area contributed by atoms with E-state index >= 15 is 0 Å². The van der Waals surface area contributed by atoms with Crippen molar-refractivity contribution < 1.29 is 52.7 Å². The van der Waals surface area contributed by atoms with Crippen LogP contribution in [-0.4, -0.2) is 252 Å². The van der Waals surface area contributed by atoms with Gasteiger partial charge < -0.3 is 24.3 Å². The number of ether oxygens (including phenoxy) is 1. The van der Waals surface area contributed by atoms with Gasteiger partial charge in [0, 0.05) is 121 Å². The van der Waals surface area contributed by atoms with Crippen LogP contribution in [-0.2, 0) is 52.7 Å². The summed E-state index contributed by atoms with van der Waals surface area (Å²) in [4.78, 5) is 145. The smallest absolute Gasteiger partial charge is 0.232 e. The third-order valence-corrected chi connectivity index (χ3v) is 32.6. The van der Waals surface area contributed by atoms with Crippen molar-refractivity contribution >= 4 is 59.1 Å². The second kappa shape index (κ2) is 48.0. The molecule has 10 aliphatic heterocycles. The average molecular weight is 1740 g/mol.